The highest BCUT2D eigenvalue weighted by Crippen LogP contribution is 2.39. The quantitative estimate of drug-likeness (QED) is 0.843. The van der Waals surface area contributed by atoms with E-state index in [-0.39, 0.29) is 18.2 Å². The third-order valence-corrected chi connectivity index (χ3v) is 4.83. The number of carboxylic acids is 1. The SMILES string of the molecule is O=C(O)CC1CCCN1C1CCC2(CC1)OCCO2. The third-order valence-electron chi connectivity index (χ3n) is 4.83. The molecule has 1 N–H and O–H groups in total. The average molecular weight is 269 g/mol. The van der Waals surface area contributed by atoms with Crippen LogP contribution in [-0.4, -0.2) is 53.6 Å². The maximum Gasteiger partial charge on any atom is 0.304 e. The average Bonchev–Trinajstić information content (AvgIpc) is 3.00. The summed E-state index contributed by atoms with van der Waals surface area (Å²) < 4.78 is 11.5. The van der Waals surface area contributed by atoms with Crippen molar-refractivity contribution in [1.29, 1.82) is 0 Å². The van der Waals surface area contributed by atoms with Crippen LogP contribution in [0.25, 0.3) is 0 Å². The van der Waals surface area contributed by atoms with Gasteiger partial charge in [-0.25, -0.2) is 0 Å². The van der Waals surface area contributed by atoms with Gasteiger partial charge in [0, 0.05) is 24.9 Å². The van der Waals surface area contributed by atoms with E-state index in [4.69, 9.17) is 14.6 Å². The highest BCUT2D eigenvalue weighted by molar-refractivity contribution is 5.67. The molecule has 19 heavy (non-hydrogen) atoms. The first-order valence-electron chi connectivity index (χ1n) is 7.44. The minimum Gasteiger partial charge on any atom is -0.481 e. The summed E-state index contributed by atoms with van der Waals surface area (Å²) in [6, 6.07) is 0.757. The Balaban J connectivity index is 1.56. The number of ether oxygens (including phenoxy) is 2. The molecule has 0 amide bonds. The fourth-order valence-electron chi connectivity index (χ4n) is 3.92. The Kier molecular flexibility index (Phi) is 3.78. The smallest absolute Gasteiger partial charge is 0.304 e. The monoisotopic (exact) mass is 269 g/mol. The lowest BCUT2D eigenvalue weighted by molar-refractivity contribution is -0.184. The zero-order valence-corrected chi connectivity index (χ0v) is 11.3. The normalized spacial score (nSPS) is 32.1. The number of aliphatic carboxylic acids is 1. The van der Waals surface area contributed by atoms with Gasteiger partial charge in [0.15, 0.2) is 5.79 Å². The molecule has 108 valence electrons. The molecular weight excluding hydrogens is 246 g/mol. The molecule has 0 bridgehead atoms. The van der Waals surface area contributed by atoms with Crippen LogP contribution < -0.4 is 0 Å². The summed E-state index contributed by atoms with van der Waals surface area (Å²) in [6.45, 7) is 2.49. The maximum atomic E-state index is 10.9. The molecule has 0 aromatic carbocycles. The largest absolute Gasteiger partial charge is 0.481 e. The van der Waals surface area contributed by atoms with Crippen LogP contribution in [0.2, 0.25) is 0 Å². The summed E-state index contributed by atoms with van der Waals surface area (Å²) >= 11 is 0. The van der Waals surface area contributed by atoms with Gasteiger partial charge in [0.1, 0.15) is 0 Å². The predicted octanol–water partition coefficient (Wildman–Crippen LogP) is 1.61. The third kappa shape index (κ3) is 2.78. The molecule has 5 heteroatoms. The summed E-state index contributed by atoms with van der Waals surface area (Å²) in [4.78, 5) is 13.3. The lowest BCUT2D eigenvalue weighted by Gasteiger charge is -2.41. The number of carboxylic acid groups (broad SMARTS) is 1. The van der Waals surface area contributed by atoms with Gasteiger partial charge in [0.25, 0.3) is 0 Å². The number of likely N-dealkylation sites (tertiary alicyclic amines) is 1. The van der Waals surface area contributed by atoms with Crippen molar-refractivity contribution in [2.45, 2.75) is 62.8 Å². The van der Waals surface area contributed by atoms with Gasteiger partial charge in [0.05, 0.1) is 19.6 Å². The molecule has 2 saturated heterocycles. The first kappa shape index (κ1) is 13.3. The molecule has 1 atom stereocenters. The molecule has 1 aliphatic carbocycles. The fraction of sp³-hybridized carbons (Fsp3) is 0.929. The van der Waals surface area contributed by atoms with Crippen molar-refractivity contribution < 1.29 is 19.4 Å². The second kappa shape index (κ2) is 5.38. The molecule has 2 aliphatic heterocycles. The zero-order valence-electron chi connectivity index (χ0n) is 11.3. The van der Waals surface area contributed by atoms with Gasteiger partial charge in [-0.3, -0.25) is 9.69 Å². The first-order chi connectivity index (χ1) is 9.19. The van der Waals surface area contributed by atoms with E-state index in [1.807, 2.05) is 0 Å². The van der Waals surface area contributed by atoms with Crippen molar-refractivity contribution in [3.05, 3.63) is 0 Å². The molecule has 0 aromatic rings. The van der Waals surface area contributed by atoms with Crippen LogP contribution >= 0.6 is 0 Å². The van der Waals surface area contributed by atoms with Gasteiger partial charge >= 0.3 is 5.97 Å². The van der Waals surface area contributed by atoms with E-state index in [0.29, 0.717) is 6.04 Å². The summed E-state index contributed by atoms with van der Waals surface area (Å²) in [5.74, 6) is -0.981. The first-order valence-corrected chi connectivity index (χ1v) is 7.44. The standard InChI is InChI=1S/C14H23NO4/c16-13(17)10-12-2-1-7-15(12)11-3-5-14(6-4-11)18-8-9-19-14/h11-12H,1-10H2,(H,16,17). The molecule has 2 heterocycles. The van der Waals surface area contributed by atoms with E-state index in [9.17, 15) is 4.79 Å². The Hall–Kier alpha value is -0.650. The van der Waals surface area contributed by atoms with Crippen molar-refractivity contribution >= 4 is 5.97 Å². The van der Waals surface area contributed by atoms with Crippen LogP contribution in [0.15, 0.2) is 0 Å². The number of hydrogen-bond donors (Lipinski definition) is 1. The number of carbonyl (C=O) groups is 1. The van der Waals surface area contributed by atoms with Crippen LogP contribution in [0.4, 0.5) is 0 Å². The topological polar surface area (TPSA) is 59.0 Å². The summed E-state index contributed by atoms with van der Waals surface area (Å²) in [6.07, 6.45) is 6.48. The van der Waals surface area contributed by atoms with E-state index in [1.165, 1.54) is 0 Å². The molecule has 5 nitrogen and oxygen atoms in total. The Morgan fingerprint density at radius 1 is 1.21 bits per heavy atom. The number of nitrogens with zero attached hydrogens (tertiary/aromatic N) is 1. The second-order valence-corrected chi connectivity index (χ2v) is 5.97. The second-order valence-electron chi connectivity index (χ2n) is 5.97. The van der Waals surface area contributed by atoms with Crippen molar-refractivity contribution in [1.82, 2.24) is 4.90 Å². The molecular formula is C14H23NO4. The van der Waals surface area contributed by atoms with Crippen LogP contribution in [0.1, 0.15) is 44.9 Å². The van der Waals surface area contributed by atoms with E-state index in [0.717, 1.165) is 58.3 Å². The van der Waals surface area contributed by atoms with E-state index < -0.39 is 5.97 Å². The van der Waals surface area contributed by atoms with E-state index in [2.05, 4.69) is 4.90 Å². The highest BCUT2D eigenvalue weighted by atomic mass is 16.7. The number of rotatable bonds is 3. The lowest BCUT2D eigenvalue weighted by atomic mass is 9.88. The molecule has 3 fully saturated rings. The Morgan fingerprint density at radius 3 is 2.53 bits per heavy atom. The fourth-order valence-corrected chi connectivity index (χ4v) is 3.92. The van der Waals surface area contributed by atoms with Gasteiger partial charge in [-0.2, -0.15) is 0 Å². The van der Waals surface area contributed by atoms with Gasteiger partial charge in [-0.05, 0) is 32.2 Å². The number of hydrogen-bond acceptors (Lipinski definition) is 4. The van der Waals surface area contributed by atoms with E-state index in [1.54, 1.807) is 0 Å². The van der Waals surface area contributed by atoms with Crippen molar-refractivity contribution in [2.24, 2.45) is 0 Å². The van der Waals surface area contributed by atoms with Gasteiger partial charge < -0.3 is 14.6 Å². The molecule has 1 saturated carbocycles. The molecule has 3 aliphatic rings. The molecule has 1 spiro atoms. The Labute approximate surface area is 113 Å². The van der Waals surface area contributed by atoms with Gasteiger partial charge in [-0.1, -0.05) is 0 Å². The van der Waals surface area contributed by atoms with E-state index >= 15 is 0 Å². The van der Waals surface area contributed by atoms with Gasteiger partial charge in [-0.15, -0.1) is 0 Å². The maximum absolute atomic E-state index is 10.9. The highest BCUT2D eigenvalue weighted by Gasteiger charge is 2.43. The van der Waals surface area contributed by atoms with Gasteiger partial charge in [0.2, 0.25) is 0 Å². The molecule has 3 rings (SSSR count). The minimum atomic E-state index is -0.674. The molecule has 0 radical (unpaired) electrons. The van der Waals surface area contributed by atoms with Crippen molar-refractivity contribution in [3.8, 4) is 0 Å². The molecule has 0 aromatic heterocycles. The predicted molar refractivity (Wildman–Crippen MR) is 68.9 cm³/mol. The minimum absolute atomic E-state index is 0.238. The molecule has 1 unspecified atom stereocenters. The summed E-state index contributed by atoms with van der Waals surface area (Å²) in [7, 11) is 0. The van der Waals surface area contributed by atoms with Crippen LogP contribution in [0.5, 0.6) is 0 Å². The summed E-state index contributed by atoms with van der Waals surface area (Å²) in [5, 5.41) is 8.99. The van der Waals surface area contributed by atoms with Crippen LogP contribution in [0, 0.1) is 0 Å². The Morgan fingerprint density at radius 2 is 1.89 bits per heavy atom. The lowest BCUT2D eigenvalue weighted by Crippen LogP contribution is -2.46. The zero-order chi connectivity index (χ0) is 13.3. The van der Waals surface area contributed by atoms with Crippen molar-refractivity contribution in [3.63, 3.8) is 0 Å². The summed E-state index contributed by atoms with van der Waals surface area (Å²) in [5.41, 5.74) is 0. The Bertz CT molecular complexity index is 330. The van der Waals surface area contributed by atoms with Crippen LogP contribution in [-0.2, 0) is 14.3 Å². The van der Waals surface area contributed by atoms with Crippen molar-refractivity contribution in [2.75, 3.05) is 19.8 Å². The van der Waals surface area contributed by atoms with Crippen LogP contribution in [0.3, 0.4) is 0 Å².